The number of amides is 2. The average molecular weight is 321 g/mol. The van der Waals surface area contributed by atoms with Crippen LogP contribution in [0.2, 0.25) is 0 Å². The van der Waals surface area contributed by atoms with E-state index in [9.17, 15) is 9.90 Å². The van der Waals surface area contributed by atoms with Gasteiger partial charge in [0.25, 0.3) is 0 Å². The molecule has 1 aromatic rings. The number of aliphatic hydroxyl groups is 1. The van der Waals surface area contributed by atoms with Crippen LogP contribution in [0.4, 0.5) is 4.79 Å². The Kier molecular flexibility index (Phi) is 3.82. The molecular formula is C16H23N3O2S. The largest absolute Gasteiger partial charge is 0.396 e. The summed E-state index contributed by atoms with van der Waals surface area (Å²) in [5, 5.41) is 18.9. The minimum absolute atomic E-state index is 0.0474. The van der Waals surface area contributed by atoms with Gasteiger partial charge in [0.05, 0.1) is 6.04 Å². The van der Waals surface area contributed by atoms with E-state index in [1.54, 1.807) is 17.5 Å². The number of aromatic nitrogens is 1. The van der Waals surface area contributed by atoms with Crippen molar-refractivity contribution in [1.29, 1.82) is 0 Å². The van der Waals surface area contributed by atoms with Crippen molar-refractivity contribution in [2.45, 2.75) is 44.2 Å². The fraction of sp³-hybridized carbons (Fsp3) is 0.750. The van der Waals surface area contributed by atoms with Gasteiger partial charge in [-0.1, -0.05) is 0 Å². The topological polar surface area (TPSA) is 74.2 Å². The highest BCUT2D eigenvalue weighted by Crippen LogP contribution is 2.48. The SMILES string of the molecule is O=C(NC(c1nccs1)C1CC1)NC1C2CCC(C2)C1CO. The molecule has 6 heteroatoms. The van der Waals surface area contributed by atoms with Crippen LogP contribution in [-0.2, 0) is 0 Å². The van der Waals surface area contributed by atoms with Gasteiger partial charge < -0.3 is 15.7 Å². The molecule has 120 valence electrons. The molecule has 3 saturated carbocycles. The third-order valence-electron chi connectivity index (χ3n) is 5.69. The zero-order chi connectivity index (χ0) is 15.1. The number of nitrogens with one attached hydrogen (secondary N) is 2. The van der Waals surface area contributed by atoms with Crippen LogP contribution in [-0.4, -0.2) is 28.8 Å². The molecule has 4 rings (SSSR count). The molecule has 22 heavy (non-hydrogen) atoms. The molecule has 0 saturated heterocycles. The molecule has 0 radical (unpaired) electrons. The molecule has 3 aliphatic rings. The van der Waals surface area contributed by atoms with Crippen molar-refractivity contribution in [1.82, 2.24) is 15.6 Å². The zero-order valence-corrected chi connectivity index (χ0v) is 13.4. The van der Waals surface area contributed by atoms with Crippen LogP contribution in [0.25, 0.3) is 0 Å². The normalized spacial score (nSPS) is 34.6. The predicted molar refractivity (Wildman–Crippen MR) is 84.4 cm³/mol. The van der Waals surface area contributed by atoms with Gasteiger partial charge >= 0.3 is 6.03 Å². The number of carbonyl (C=O) groups excluding carboxylic acids is 1. The van der Waals surface area contributed by atoms with E-state index in [4.69, 9.17) is 0 Å². The average Bonchev–Trinajstić information content (AvgIpc) is 2.93. The molecule has 1 aromatic heterocycles. The van der Waals surface area contributed by atoms with Gasteiger partial charge in [0.15, 0.2) is 0 Å². The van der Waals surface area contributed by atoms with Crippen LogP contribution >= 0.6 is 11.3 Å². The second-order valence-corrected chi connectivity index (χ2v) is 7.93. The number of aliphatic hydroxyl groups excluding tert-OH is 1. The molecule has 3 aliphatic carbocycles. The number of fused-ring (bicyclic) bond motifs is 2. The first-order valence-corrected chi connectivity index (χ1v) is 9.21. The van der Waals surface area contributed by atoms with Crippen LogP contribution < -0.4 is 10.6 Å². The molecule has 0 aromatic carbocycles. The van der Waals surface area contributed by atoms with Gasteiger partial charge in [-0.2, -0.15) is 0 Å². The van der Waals surface area contributed by atoms with Crippen molar-refractivity contribution in [3.8, 4) is 0 Å². The lowest BCUT2D eigenvalue weighted by molar-refractivity contribution is 0.143. The van der Waals surface area contributed by atoms with E-state index in [1.165, 1.54) is 12.8 Å². The summed E-state index contributed by atoms with van der Waals surface area (Å²) in [7, 11) is 0. The van der Waals surface area contributed by atoms with E-state index >= 15 is 0 Å². The summed E-state index contributed by atoms with van der Waals surface area (Å²) in [6.45, 7) is 0.185. The van der Waals surface area contributed by atoms with E-state index in [-0.39, 0.29) is 30.6 Å². The highest BCUT2D eigenvalue weighted by atomic mass is 32.1. The van der Waals surface area contributed by atoms with E-state index in [2.05, 4.69) is 15.6 Å². The van der Waals surface area contributed by atoms with Gasteiger partial charge in [-0.3, -0.25) is 0 Å². The summed E-state index contributed by atoms with van der Waals surface area (Å²) in [6.07, 6.45) is 7.68. The van der Waals surface area contributed by atoms with Crippen molar-refractivity contribution >= 4 is 17.4 Å². The van der Waals surface area contributed by atoms with Crippen molar-refractivity contribution in [3.63, 3.8) is 0 Å². The van der Waals surface area contributed by atoms with Crippen LogP contribution in [0, 0.1) is 23.7 Å². The van der Waals surface area contributed by atoms with E-state index in [1.807, 2.05) is 5.38 Å². The molecule has 3 N–H and O–H groups in total. The van der Waals surface area contributed by atoms with Gasteiger partial charge in [-0.25, -0.2) is 9.78 Å². The number of hydrogen-bond donors (Lipinski definition) is 3. The second-order valence-electron chi connectivity index (χ2n) is 7.01. The highest BCUT2D eigenvalue weighted by molar-refractivity contribution is 7.09. The smallest absolute Gasteiger partial charge is 0.315 e. The lowest BCUT2D eigenvalue weighted by atomic mass is 9.85. The number of hydrogen-bond acceptors (Lipinski definition) is 4. The van der Waals surface area contributed by atoms with Crippen molar-refractivity contribution in [2.24, 2.45) is 23.7 Å². The highest BCUT2D eigenvalue weighted by Gasteiger charge is 2.48. The van der Waals surface area contributed by atoms with Gasteiger partial charge in [0, 0.05) is 30.1 Å². The maximum absolute atomic E-state index is 12.4. The van der Waals surface area contributed by atoms with E-state index < -0.39 is 0 Å². The number of urea groups is 1. The number of nitrogens with zero attached hydrogens (tertiary/aromatic N) is 1. The molecule has 2 bridgehead atoms. The molecule has 0 spiro atoms. The maximum Gasteiger partial charge on any atom is 0.315 e. The Bertz CT molecular complexity index is 532. The quantitative estimate of drug-likeness (QED) is 0.779. The Labute approximate surface area is 134 Å². The fourth-order valence-corrected chi connectivity index (χ4v) is 5.21. The molecule has 5 unspecified atom stereocenters. The molecule has 5 nitrogen and oxygen atoms in total. The second kappa shape index (κ2) is 5.81. The molecule has 0 aliphatic heterocycles. The van der Waals surface area contributed by atoms with Crippen LogP contribution in [0.1, 0.15) is 43.2 Å². The van der Waals surface area contributed by atoms with E-state index in [0.717, 1.165) is 24.3 Å². The minimum atomic E-state index is -0.0944. The van der Waals surface area contributed by atoms with Crippen LogP contribution in [0.5, 0.6) is 0 Å². The van der Waals surface area contributed by atoms with Crippen molar-refractivity contribution in [2.75, 3.05) is 6.61 Å². The molecule has 3 fully saturated rings. The first-order valence-electron chi connectivity index (χ1n) is 8.33. The standard InChI is InChI=1S/C16H23N3O2S/c20-8-12-10-3-4-11(7-10)13(12)18-16(21)19-14(9-1-2-9)15-17-5-6-22-15/h5-6,9-14,20H,1-4,7-8H2,(H2,18,19,21). The predicted octanol–water partition coefficient (Wildman–Crippen LogP) is 2.30. The van der Waals surface area contributed by atoms with Crippen molar-refractivity contribution in [3.05, 3.63) is 16.6 Å². The summed E-state index contributed by atoms with van der Waals surface area (Å²) in [5.41, 5.74) is 0. The first kappa shape index (κ1) is 14.5. The van der Waals surface area contributed by atoms with Gasteiger partial charge in [-0.05, 0) is 49.9 Å². The summed E-state index contributed by atoms with van der Waals surface area (Å²) in [6, 6.07) is 0.0918. The molecule has 1 heterocycles. The molecular weight excluding hydrogens is 298 g/mol. The van der Waals surface area contributed by atoms with Gasteiger partial charge in [0.2, 0.25) is 0 Å². The molecule has 2 amide bonds. The van der Waals surface area contributed by atoms with Crippen LogP contribution in [0.15, 0.2) is 11.6 Å². The number of thiazole rings is 1. The summed E-state index contributed by atoms with van der Waals surface area (Å²) >= 11 is 1.61. The van der Waals surface area contributed by atoms with Gasteiger partial charge in [0.1, 0.15) is 5.01 Å². The van der Waals surface area contributed by atoms with Gasteiger partial charge in [-0.15, -0.1) is 11.3 Å². The molecule has 5 atom stereocenters. The first-order chi connectivity index (χ1) is 10.8. The maximum atomic E-state index is 12.4. The van der Waals surface area contributed by atoms with E-state index in [0.29, 0.717) is 17.8 Å². The van der Waals surface area contributed by atoms with Crippen molar-refractivity contribution < 1.29 is 9.90 Å². The van der Waals surface area contributed by atoms with Crippen LogP contribution in [0.3, 0.4) is 0 Å². The summed E-state index contributed by atoms with van der Waals surface area (Å²) in [4.78, 5) is 16.8. The number of carbonyl (C=O) groups is 1. The third kappa shape index (κ3) is 2.63. The Hall–Kier alpha value is -1.14. The summed E-state index contributed by atoms with van der Waals surface area (Å²) < 4.78 is 0. The third-order valence-corrected chi connectivity index (χ3v) is 6.55. The Balaban J connectivity index is 1.39. The Morgan fingerprint density at radius 1 is 1.36 bits per heavy atom. The monoisotopic (exact) mass is 321 g/mol. The zero-order valence-electron chi connectivity index (χ0n) is 12.6. The fourth-order valence-electron chi connectivity index (χ4n) is 4.43. The lowest BCUT2D eigenvalue weighted by Crippen LogP contribution is -2.50. The summed E-state index contributed by atoms with van der Waals surface area (Å²) in [5.74, 6) is 1.92. The number of rotatable bonds is 5. The Morgan fingerprint density at radius 2 is 2.18 bits per heavy atom. The lowest BCUT2D eigenvalue weighted by Gasteiger charge is -2.31. The Morgan fingerprint density at radius 3 is 2.86 bits per heavy atom. The minimum Gasteiger partial charge on any atom is -0.396 e.